The van der Waals surface area contributed by atoms with Gasteiger partial charge in [0.2, 0.25) is 0 Å². The highest BCUT2D eigenvalue weighted by molar-refractivity contribution is 6.30. The number of halogens is 2. The van der Waals surface area contributed by atoms with Gasteiger partial charge < -0.3 is 4.74 Å². The number of fused-ring (bicyclic) bond motifs is 3. The molecule has 0 saturated carbocycles. The minimum atomic E-state index is -0.625. The first-order chi connectivity index (χ1) is 11.2. The zero-order valence-electron chi connectivity index (χ0n) is 14.0. The lowest BCUT2D eigenvalue weighted by Crippen LogP contribution is -2.34. The fourth-order valence-corrected chi connectivity index (χ4v) is 2.94. The molecule has 0 saturated heterocycles. The number of aromatic nitrogens is 1. The van der Waals surface area contributed by atoms with Gasteiger partial charge in [0.25, 0.3) is 0 Å². The minimum absolute atomic E-state index is 0.424. The zero-order chi connectivity index (χ0) is 17.6. The van der Waals surface area contributed by atoms with E-state index in [1.54, 1.807) is 40.1 Å². The first-order valence-electron chi connectivity index (χ1n) is 7.59. The third-order valence-electron chi connectivity index (χ3n) is 3.79. The number of ether oxygens (including phenoxy) is 1. The van der Waals surface area contributed by atoms with Crippen molar-refractivity contribution in [2.75, 3.05) is 11.9 Å². The Morgan fingerprint density at radius 2 is 2.00 bits per heavy atom. The first-order valence-corrected chi connectivity index (χ1v) is 7.97. The van der Waals surface area contributed by atoms with E-state index in [0.717, 1.165) is 16.8 Å². The SMILES string of the molecule is CN(C(=O)OC(C)(C)C)c1cc(F)cc2c1Cc1ncc(Cl)cc1-2. The van der Waals surface area contributed by atoms with Crippen molar-refractivity contribution in [3.05, 3.63) is 46.5 Å². The van der Waals surface area contributed by atoms with E-state index in [2.05, 4.69) is 4.98 Å². The van der Waals surface area contributed by atoms with Crippen molar-refractivity contribution in [2.45, 2.75) is 32.8 Å². The van der Waals surface area contributed by atoms with Gasteiger partial charge in [0.15, 0.2) is 0 Å². The third kappa shape index (κ3) is 3.08. The highest BCUT2D eigenvalue weighted by Gasteiger charge is 2.28. The van der Waals surface area contributed by atoms with Crippen LogP contribution in [-0.4, -0.2) is 23.7 Å². The highest BCUT2D eigenvalue weighted by atomic mass is 35.5. The van der Waals surface area contributed by atoms with E-state index < -0.39 is 17.5 Å². The molecule has 1 aliphatic carbocycles. The average Bonchev–Trinajstić information content (AvgIpc) is 2.82. The van der Waals surface area contributed by atoms with Crippen molar-refractivity contribution in [3.63, 3.8) is 0 Å². The molecule has 0 fully saturated rings. The second-order valence-corrected chi connectivity index (χ2v) is 7.25. The Hall–Kier alpha value is -2.14. The maximum Gasteiger partial charge on any atom is 0.414 e. The van der Waals surface area contributed by atoms with E-state index >= 15 is 0 Å². The van der Waals surface area contributed by atoms with Crippen LogP contribution in [0.4, 0.5) is 14.9 Å². The van der Waals surface area contributed by atoms with E-state index in [9.17, 15) is 9.18 Å². The number of carbonyl (C=O) groups is 1. The first kappa shape index (κ1) is 16.7. The maximum atomic E-state index is 14.1. The summed E-state index contributed by atoms with van der Waals surface area (Å²) in [6.45, 7) is 5.36. The highest BCUT2D eigenvalue weighted by Crippen LogP contribution is 2.42. The van der Waals surface area contributed by atoms with E-state index in [4.69, 9.17) is 16.3 Å². The van der Waals surface area contributed by atoms with Crippen LogP contribution in [0.25, 0.3) is 11.1 Å². The van der Waals surface area contributed by atoms with Crippen molar-refractivity contribution in [1.29, 1.82) is 0 Å². The van der Waals surface area contributed by atoms with Gasteiger partial charge in [-0.25, -0.2) is 9.18 Å². The Bertz CT molecular complexity index is 830. The molecule has 1 aromatic heterocycles. The Labute approximate surface area is 145 Å². The Balaban J connectivity index is 2.05. The summed E-state index contributed by atoms with van der Waals surface area (Å²) in [5, 5.41) is 0.493. The summed E-state index contributed by atoms with van der Waals surface area (Å²) >= 11 is 6.01. The van der Waals surface area contributed by atoms with Gasteiger partial charge in [0.05, 0.1) is 16.4 Å². The summed E-state index contributed by atoms with van der Waals surface area (Å²) in [7, 11) is 1.58. The Kier molecular flexibility index (Phi) is 4.00. The zero-order valence-corrected chi connectivity index (χ0v) is 14.7. The number of benzene rings is 1. The van der Waals surface area contributed by atoms with Crippen LogP contribution in [0.2, 0.25) is 5.02 Å². The molecule has 6 heteroatoms. The lowest BCUT2D eigenvalue weighted by molar-refractivity contribution is 0.0589. The second kappa shape index (κ2) is 5.74. The van der Waals surface area contributed by atoms with Crippen LogP contribution >= 0.6 is 11.6 Å². The van der Waals surface area contributed by atoms with Gasteiger partial charge in [-0.05, 0) is 50.1 Å². The molecular formula is C18H18ClFN2O2. The number of pyridine rings is 1. The molecule has 1 heterocycles. The molecular weight excluding hydrogens is 331 g/mol. The molecule has 0 unspecified atom stereocenters. The van der Waals surface area contributed by atoms with Crippen LogP contribution in [0, 0.1) is 5.82 Å². The molecule has 0 spiro atoms. The molecule has 2 aromatic rings. The summed E-state index contributed by atoms with van der Waals surface area (Å²) in [6.07, 6.45) is 1.56. The standard InChI is InChI=1S/C18H18ClFN2O2/c1-18(2,3)24-17(23)22(4)16-7-11(20)6-12-13-5-10(19)9-21-15(13)8-14(12)16/h5-7,9H,8H2,1-4H3. The van der Waals surface area contributed by atoms with Crippen molar-refractivity contribution in [2.24, 2.45) is 0 Å². The third-order valence-corrected chi connectivity index (χ3v) is 4.00. The van der Waals surface area contributed by atoms with E-state index in [0.29, 0.717) is 22.7 Å². The fourth-order valence-electron chi connectivity index (χ4n) is 2.79. The van der Waals surface area contributed by atoms with Gasteiger partial charge in [-0.15, -0.1) is 0 Å². The summed E-state index contributed by atoms with van der Waals surface area (Å²) in [4.78, 5) is 18.0. The number of amides is 1. The molecule has 1 amide bonds. The topological polar surface area (TPSA) is 42.4 Å². The summed E-state index contributed by atoms with van der Waals surface area (Å²) in [6, 6.07) is 4.56. The molecule has 0 aliphatic heterocycles. The summed E-state index contributed by atoms with van der Waals surface area (Å²) in [5.41, 5.74) is 3.03. The number of hydrogen-bond donors (Lipinski definition) is 0. The molecule has 24 heavy (non-hydrogen) atoms. The number of anilines is 1. The van der Waals surface area contributed by atoms with Gasteiger partial charge in [0, 0.05) is 25.2 Å². The van der Waals surface area contributed by atoms with Gasteiger partial charge in [0.1, 0.15) is 11.4 Å². The van der Waals surface area contributed by atoms with Gasteiger partial charge >= 0.3 is 6.09 Å². The molecule has 0 N–H and O–H groups in total. The smallest absolute Gasteiger partial charge is 0.414 e. The van der Waals surface area contributed by atoms with Crippen molar-refractivity contribution >= 4 is 23.4 Å². The van der Waals surface area contributed by atoms with E-state index in [1.165, 1.54) is 17.0 Å². The number of hydrogen-bond acceptors (Lipinski definition) is 3. The predicted molar refractivity (Wildman–Crippen MR) is 92.1 cm³/mol. The molecule has 3 rings (SSSR count). The molecule has 0 radical (unpaired) electrons. The van der Waals surface area contributed by atoms with Crippen molar-refractivity contribution < 1.29 is 13.9 Å². The summed E-state index contributed by atoms with van der Waals surface area (Å²) in [5.74, 6) is -0.424. The molecule has 126 valence electrons. The molecule has 0 bridgehead atoms. The normalized spacial score (nSPS) is 12.6. The van der Waals surface area contributed by atoms with Crippen LogP contribution in [0.3, 0.4) is 0 Å². The molecule has 4 nitrogen and oxygen atoms in total. The van der Waals surface area contributed by atoms with Crippen LogP contribution in [-0.2, 0) is 11.2 Å². The van der Waals surface area contributed by atoms with E-state index in [-0.39, 0.29) is 0 Å². The average molecular weight is 349 g/mol. The minimum Gasteiger partial charge on any atom is -0.443 e. The van der Waals surface area contributed by atoms with Crippen LogP contribution < -0.4 is 4.90 Å². The summed E-state index contributed by atoms with van der Waals surface area (Å²) < 4.78 is 19.5. The number of rotatable bonds is 1. The largest absolute Gasteiger partial charge is 0.443 e. The fraction of sp³-hybridized carbons (Fsp3) is 0.333. The lowest BCUT2D eigenvalue weighted by atomic mass is 10.0. The van der Waals surface area contributed by atoms with Gasteiger partial charge in [-0.1, -0.05) is 11.6 Å². The monoisotopic (exact) mass is 348 g/mol. The van der Waals surface area contributed by atoms with Gasteiger partial charge in [-0.2, -0.15) is 0 Å². The Morgan fingerprint density at radius 3 is 2.67 bits per heavy atom. The van der Waals surface area contributed by atoms with Crippen molar-refractivity contribution in [3.8, 4) is 11.1 Å². The maximum absolute atomic E-state index is 14.1. The Morgan fingerprint density at radius 1 is 1.29 bits per heavy atom. The van der Waals surface area contributed by atoms with Gasteiger partial charge in [-0.3, -0.25) is 9.88 Å². The quantitative estimate of drug-likeness (QED) is 0.633. The second-order valence-electron chi connectivity index (χ2n) is 6.81. The molecule has 0 atom stereocenters. The van der Waals surface area contributed by atoms with E-state index in [1.807, 2.05) is 0 Å². The van der Waals surface area contributed by atoms with Crippen molar-refractivity contribution in [1.82, 2.24) is 4.98 Å². The van der Waals surface area contributed by atoms with Crippen LogP contribution in [0.5, 0.6) is 0 Å². The number of nitrogens with zero attached hydrogens (tertiary/aromatic N) is 2. The molecule has 1 aliphatic rings. The van der Waals surface area contributed by atoms with Crippen LogP contribution in [0.1, 0.15) is 32.0 Å². The predicted octanol–water partition coefficient (Wildman–Crippen LogP) is 4.82. The lowest BCUT2D eigenvalue weighted by Gasteiger charge is -2.26. The molecule has 1 aromatic carbocycles. The number of carbonyl (C=O) groups excluding carboxylic acids is 1. The van der Waals surface area contributed by atoms with Crippen LogP contribution in [0.15, 0.2) is 24.4 Å².